The number of nitrogens with two attached hydrogens (primary N) is 1. The third kappa shape index (κ3) is 4.56. The van der Waals surface area contributed by atoms with Gasteiger partial charge in [-0.2, -0.15) is 0 Å². The highest BCUT2D eigenvalue weighted by atomic mass is 35.5. The number of nitrogens with zero attached hydrogens (tertiary/aromatic N) is 1. The summed E-state index contributed by atoms with van der Waals surface area (Å²) >= 11 is 1.51. The molecule has 1 atom stereocenters. The molecule has 1 heterocycles. The maximum Gasteiger partial charge on any atom is 0.271 e. The van der Waals surface area contributed by atoms with E-state index in [9.17, 15) is 4.79 Å². The molecule has 0 radical (unpaired) electrons. The molecule has 1 aliphatic rings. The second-order valence-corrected chi connectivity index (χ2v) is 7.01. The quantitative estimate of drug-likeness (QED) is 0.819. The van der Waals surface area contributed by atoms with Gasteiger partial charge in [0.2, 0.25) is 0 Å². The minimum absolute atomic E-state index is 0. The molecule has 1 aliphatic carbocycles. The zero-order chi connectivity index (χ0) is 16.1. The molecule has 1 aromatic carbocycles. The summed E-state index contributed by atoms with van der Waals surface area (Å²) in [6.07, 6.45) is 5.58. The van der Waals surface area contributed by atoms with Crippen LogP contribution in [0, 0.1) is 5.92 Å². The van der Waals surface area contributed by atoms with Crippen LogP contribution in [0.3, 0.4) is 0 Å². The Balaban J connectivity index is 0.00000208. The zero-order valence-electron chi connectivity index (χ0n) is 13.6. The fourth-order valence-corrected chi connectivity index (χ4v) is 4.09. The van der Waals surface area contributed by atoms with Crippen LogP contribution >= 0.6 is 23.7 Å². The van der Waals surface area contributed by atoms with Gasteiger partial charge in [0.15, 0.2) is 0 Å². The van der Waals surface area contributed by atoms with Crippen molar-refractivity contribution in [1.29, 1.82) is 0 Å². The van der Waals surface area contributed by atoms with E-state index in [1.54, 1.807) is 0 Å². The summed E-state index contributed by atoms with van der Waals surface area (Å²) in [4.78, 5) is 17.0. The Morgan fingerprint density at radius 2 is 2.00 bits per heavy atom. The van der Waals surface area contributed by atoms with E-state index in [0.717, 1.165) is 11.4 Å². The Bertz CT molecular complexity index is 641. The summed E-state index contributed by atoms with van der Waals surface area (Å²) < 4.78 is 0. The number of rotatable bonds is 6. The Morgan fingerprint density at radius 3 is 2.67 bits per heavy atom. The van der Waals surface area contributed by atoms with Crippen LogP contribution in [0.1, 0.15) is 52.8 Å². The molecule has 1 saturated carbocycles. The molecular weight excluding hydrogens is 342 g/mol. The van der Waals surface area contributed by atoms with Crippen LogP contribution in [0.25, 0.3) is 0 Å². The number of thiazole rings is 1. The van der Waals surface area contributed by atoms with E-state index in [2.05, 4.69) is 22.4 Å². The lowest BCUT2D eigenvalue weighted by Gasteiger charge is -2.25. The van der Waals surface area contributed by atoms with Crippen molar-refractivity contribution < 1.29 is 4.79 Å². The van der Waals surface area contributed by atoms with E-state index < -0.39 is 0 Å². The van der Waals surface area contributed by atoms with Crippen molar-refractivity contribution in [3.8, 4) is 0 Å². The molecule has 0 spiro atoms. The smallest absolute Gasteiger partial charge is 0.271 e. The molecule has 1 aromatic heterocycles. The number of halogens is 1. The lowest BCUT2D eigenvalue weighted by atomic mass is 9.91. The molecule has 0 aliphatic heterocycles. The van der Waals surface area contributed by atoms with Gasteiger partial charge in [0.05, 0.1) is 11.0 Å². The summed E-state index contributed by atoms with van der Waals surface area (Å²) in [6, 6.07) is 10.4. The standard InChI is InChI=1S/C18H23N3OS.ClH/c19-11-10-16-20-15(12-23-16)18(22)21-17(14-8-4-5-9-14)13-6-2-1-3-7-13;/h1-3,6-7,12,14,17H,4-5,8-11,19H2,(H,21,22);1H. The Morgan fingerprint density at radius 1 is 1.29 bits per heavy atom. The summed E-state index contributed by atoms with van der Waals surface area (Å²) in [5.41, 5.74) is 7.25. The first-order valence-corrected chi connectivity index (χ1v) is 9.16. The van der Waals surface area contributed by atoms with Crippen molar-refractivity contribution in [2.75, 3.05) is 6.54 Å². The van der Waals surface area contributed by atoms with E-state index in [-0.39, 0.29) is 24.4 Å². The van der Waals surface area contributed by atoms with Crippen LogP contribution in [0.4, 0.5) is 0 Å². The Labute approximate surface area is 153 Å². The van der Waals surface area contributed by atoms with Crippen molar-refractivity contribution in [3.05, 3.63) is 52.0 Å². The van der Waals surface area contributed by atoms with Crippen molar-refractivity contribution >= 4 is 29.7 Å². The number of benzene rings is 1. The second-order valence-electron chi connectivity index (χ2n) is 6.07. The summed E-state index contributed by atoms with van der Waals surface area (Å²) in [6.45, 7) is 0.559. The number of hydrogen-bond donors (Lipinski definition) is 2. The molecule has 0 saturated heterocycles. The van der Waals surface area contributed by atoms with Gasteiger partial charge < -0.3 is 11.1 Å². The predicted molar refractivity (Wildman–Crippen MR) is 101 cm³/mol. The van der Waals surface area contributed by atoms with Crippen LogP contribution in [0.5, 0.6) is 0 Å². The fraction of sp³-hybridized carbons (Fsp3) is 0.444. The van der Waals surface area contributed by atoms with Gasteiger partial charge >= 0.3 is 0 Å². The number of aromatic nitrogens is 1. The molecule has 1 amide bonds. The number of amides is 1. The molecule has 1 fully saturated rings. The highest BCUT2D eigenvalue weighted by molar-refractivity contribution is 7.09. The van der Waals surface area contributed by atoms with Crippen molar-refractivity contribution in [3.63, 3.8) is 0 Å². The fourth-order valence-electron chi connectivity index (χ4n) is 3.29. The summed E-state index contributed by atoms with van der Waals surface area (Å²) in [5, 5.41) is 5.98. The van der Waals surface area contributed by atoms with E-state index in [1.807, 2.05) is 23.6 Å². The molecule has 24 heavy (non-hydrogen) atoms. The van der Waals surface area contributed by atoms with Crippen molar-refractivity contribution in [2.45, 2.75) is 38.1 Å². The minimum atomic E-state index is -0.0784. The van der Waals surface area contributed by atoms with Gasteiger partial charge in [0, 0.05) is 11.8 Å². The van der Waals surface area contributed by atoms with Crippen molar-refractivity contribution in [2.24, 2.45) is 11.7 Å². The van der Waals surface area contributed by atoms with Gasteiger partial charge in [-0.3, -0.25) is 4.79 Å². The summed E-state index contributed by atoms with van der Waals surface area (Å²) in [5.74, 6) is 0.439. The van der Waals surface area contributed by atoms with Crippen LogP contribution in [0.2, 0.25) is 0 Å². The van der Waals surface area contributed by atoms with Gasteiger partial charge in [0.1, 0.15) is 5.69 Å². The zero-order valence-corrected chi connectivity index (χ0v) is 15.2. The largest absolute Gasteiger partial charge is 0.344 e. The van der Waals surface area contributed by atoms with Gasteiger partial charge in [-0.15, -0.1) is 23.7 Å². The molecule has 3 rings (SSSR count). The van der Waals surface area contributed by atoms with E-state index >= 15 is 0 Å². The first kappa shape index (κ1) is 18.9. The van der Waals surface area contributed by atoms with Crippen molar-refractivity contribution in [1.82, 2.24) is 10.3 Å². The number of nitrogens with one attached hydrogen (secondary N) is 1. The highest BCUT2D eigenvalue weighted by Gasteiger charge is 2.28. The first-order chi connectivity index (χ1) is 11.3. The molecule has 4 nitrogen and oxygen atoms in total. The van der Waals surface area contributed by atoms with Crippen LogP contribution < -0.4 is 11.1 Å². The summed E-state index contributed by atoms with van der Waals surface area (Å²) in [7, 11) is 0. The Hall–Kier alpha value is -1.43. The van der Waals surface area contributed by atoms with E-state index in [0.29, 0.717) is 18.2 Å². The maximum absolute atomic E-state index is 12.6. The second kappa shape index (κ2) is 9.16. The molecule has 0 bridgehead atoms. The molecule has 130 valence electrons. The lowest BCUT2D eigenvalue weighted by Crippen LogP contribution is -2.33. The number of hydrogen-bond acceptors (Lipinski definition) is 4. The molecule has 6 heteroatoms. The molecular formula is C18H24ClN3OS. The van der Waals surface area contributed by atoms with E-state index in [1.165, 1.54) is 42.6 Å². The SMILES string of the molecule is Cl.NCCc1nc(C(=O)NC(c2ccccc2)C2CCCC2)cs1. The van der Waals surface area contributed by atoms with Gasteiger partial charge in [-0.1, -0.05) is 43.2 Å². The third-order valence-electron chi connectivity index (χ3n) is 4.46. The van der Waals surface area contributed by atoms with Crippen LogP contribution in [-0.2, 0) is 6.42 Å². The number of carbonyl (C=O) groups excluding carboxylic acids is 1. The monoisotopic (exact) mass is 365 g/mol. The van der Waals surface area contributed by atoms with Crippen LogP contribution in [-0.4, -0.2) is 17.4 Å². The minimum Gasteiger partial charge on any atom is -0.344 e. The van der Waals surface area contributed by atoms with Crippen LogP contribution in [0.15, 0.2) is 35.7 Å². The first-order valence-electron chi connectivity index (χ1n) is 8.28. The molecule has 3 N–H and O–H groups in total. The normalized spacial score (nSPS) is 15.7. The average molecular weight is 366 g/mol. The predicted octanol–water partition coefficient (Wildman–Crippen LogP) is 3.73. The van der Waals surface area contributed by atoms with Gasteiger partial charge in [-0.05, 0) is 30.9 Å². The molecule has 2 aromatic rings. The third-order valence-corrected chi connectivity index (χ3v) is 5.37. The Kier molecular flexibility index (Phi) is 7.21. The topological polar surface area (TPSA) is 68.0 Å². The lowest BCUT2D eigenvalue weighted by molar-refractivity contribution is 0.0917. The van der Waals surface area contributed by atoms with Gasteiger partial charge in [0.25, 0.3) is 5.91 Å². The maximum atomic E-state index is 12.6. The number of carbonyl (C=O) groups is 1. The highest BCUT2D eigenvalue weighted by Crippen LogP contribution is 2.35. The van der Waals surface area contributed by atoms with E-state index in [4.69, 9.17) is 5.73 Å². The van der Waals surface area contributed by atoms with Gasteiger partial charge in [-0.25, -0.2) is 4.98 Å². The average Bonchev–Trinajstić information content (AvgIpc) is 3.25. The molecule has 1 unspecified atom stereocenters.